The van der Waals surface area contributed by atoms with Crippen LogP contribution in [-0.2, 0) is 0 Å². The highest BCUT2D eigenvalue weighted by atomic mass is 16.5. The predicted molar refractivity (Wildman–Crippen MR) is 146 cm³/mol. The number of nitrogens with one attached hydrogen (secondary N) is 2. The number of amides is 2. The van der Waals surface area contributed by atoms with Gasteiger partial charge in [-0.3, -0.25) is 14.6 Å². The van der Waals surface area contributed by atoms with Crippen LogP contribution in [0.1, 0.15) is 26.4 Å². The number of ether oxygens (including phenoxy) is 1. The van der Waals surface area contributed by atoms with Crippen LogP contribution >= 0.6 is 0 Å². The average Bonchev–Trinajstić information content (AvgIpc) is 2.88. The second-order valence-electron chi connectivity index (χ2n) is 8.55. The molecule has 0 bridgehead atoms. The van der Waals surface area contributed by atoms with Crippen molar-refractivity contribution in [2.45, 2.75) is 6.92 Å². The maximum Gasteiger partial charge on any atom is 0.255 e. The maximum absolute atomic E-state index is 13.0. The number of methoxy groups -OCH3 is 1. The second kappa shape index (κ2) is 9.46. The Morgan fingerprint density at radius 2 is 1.51 bits per heavy atom. The van der Waals surface area contributed by atoms with Gasteiger partial charge in [0.15, 0.2) is 0 Å². The van der Waals surface area contributed by atoms with E-state index in [-0.39, 0.29) is 11.8 Å². The molecule has 0 atom stereocenters. The van der Waals surface area contributed by atoms with Crippen LogP contribution in [0.15, 0.2) is 72.8 Å². The summed E-state index contributed by atoms with van der Waals surface area (Å²) in [5.41, 5.74) is 16.5. The molecule has 5 rings (SSSR count). The van der Waals surface area contributed by atoms with Crippen molar-refractivity contribution in [1.29, 1.82) is 0 Å². The lowest BCUT2D eigenvalue weighted by Gasteiger charge is -2.13. The number of rotatable bonds is 5. The molecule has 0 saturated heterocycles. The summed E-state index contributed by atoms with van der Waals surface area (Å²) in [6.07, 6.45) is 0. The molecule has 0 fully saturated rings. The van der Waals surface area contributed by atoms with Gasteiger partial charge in [-0.05, 0) is 73.7 Å². The van der Waals surface area contributed by atoms with Crippen molar-refractivity contribution in [2.24, 2.45) is 0 Å². The maximum atomic E-state index is 13.0. The van der Waals surface area contributed by atoms with Crippen LogP contribution in [0.4, 0.5) is 22.9 Å². The van der Waals surface area contributed by atoms with Crippen LogP contribution in [0.5, 0.6) is 5.75 Å². The molecule has 0 radical (unpaired) electrons. The number of benzene rings is 3. The van der Waals surface area contributed by atoms with Gasteiger partial charge in [0.25, 0.3) is 11.8 Å². The number of nitrogen functional groups attached to an aromatic ring is 2. The van der Waals surface area contributed by atoms with Crippen LogP contribution in [0, 0.1) is 6.92 Å². The molecule has 0 spiro atoms. The lowest BCUT2D eigenvalue weighted by molar-refractivity contribution is 0.101. The van der Waals surface area contributed by atoms with Gasteiger partial charge < -0.3 is 26.8 Å². The zero-order chi connectivity index (χ0) is 26.1. The van der Waals surface area contributed by atoms with E-state index in [4.69, 9.17) is 16.2 Å². The highest BCUT2D eigenvalue weighted by molar-refractivity contribution is 6.09. The Balaban J connectivity index is 1.34. The van der Waals surface area contributed by atoms with E-state index in [1.807, 2.05) is 13.0 Å². The molecular formula is C28H24N6O3. The molecule has 9 heteroatoms. The number of hydrogen-bond acceptors (Lipinski definition) is 7. The number of pyridine rings is 2. The third-order valence-electron chi connectivity index (χ3n) is 5.91. The van der Waals surface area contributed by atoms with E-state index < -0.39 is 0 Å². The molecule has 2 aromatic heterocycles. The third-order valence-corrected chi connectivity index (χ3v) is 5.91. The Labute approximate surface area is 212 Å². The predicted octanol–water partition coefficient (Wildman–Crippen LogP) is 4.77. The van der Waals surface area contributed by atoms with Crippen molar-refractivity contribution in [3.8, 4) is 5.75 Å². The van der Waals surface area contributed by atoms with Gasteiger partial charge in [-0.2, -0.15) is 0 Å². The monoisotopic (exact) mass is 492 g/mol. The summed E-state index contributed by atoms with van der Waals surface area (Å²) >= 11 is 0. The molecule has 9 nitrogen and oxygen atoms in total. The van der Waals surface area contributed by atoms with E-state index in [1.165, 1.54) is 7.11 Å². The van der Waals surface area contributed by atoms with Crippen LogP contribution < -0.4 is 26.8 Å². The summed E-state index contributed by atoms with van der Waals surface area (Å²) in [4.78, 5) is 34.5. The molecule has 0 saturated carbocycles. The molecule has 2 amide bonds. The summed E-state index contributed by atoms with van der Waals surface area (Å²) in [6, 6.07) is 20.6. The summed E-state index contributed by atoms with van der Waals surface area (Å²) in [5, 5.41) is 7.22. The summed E-state index contributed by atoms with van der Waals surface area (Å²) in [6.45, 7) is 1.87. The van der Waals surface area contributed by atoms with Crippen molar-refractivity contribution in [2.75, 3.05) is 29.2 Å². The highest BCUT2D eigenvalue weighted by Gasteiger charge is 2.14. The zero-order valence-corrected chi connectivity index (χ0v) is 20.2. The average molecular weight is 493 g/mol. The first kappa shape index (κ1) is 23.6. The van der Waals surface area contributed by atoms with Crippen molar-refractivity contribution in [3.05, 3.63) is 89.6 Å². The van der Waals surface area contributed by atoms with Gasteiger partial charge in [-0.15, -0.1) is 0 Å². The van der Waals surface area contributed by atoms with Gasteiger partial charge in [0.2, 0.25) is 0 Å². The molecule has 5 aromatic rings. The first-order chi connectivity index (χ1) is 17.8. The fraction of sp³-hybridized carbons (Fsp3) is 0.0714. The number of nitrogens with zero attached hydrogens (tertiary/aromatic N) is 2. The molecule has 3 aromatic carbocycles. The number of carbonyl (C=O) groups excluding carboxylic acids is 2. The Bertz CT molecular complexity index is 1700. The number of anilines is 4. The van der Waals surface area contributed by atoms with Crippen LogP contribution in [0.3, 0.4) is 0 Å². The standard InChI is InChI=1S/C28H24N6O3/c1-15-11-21(29)20-13-18(4-8-23(20)31-15)28(36)34-24-9-6-19(14-25(24)37-2)32-27(35)17-3-7-22-16(12-17)5-10-26(30)33-22/h3-14H,1-2H3,(H2,29,31)(H2,30,33)(H,32,35)(H,34,36). The quantitative estimate of drug-likeness (QED) is 0.276. The summed E-state index contributed by atoms with van der Waals surface area (Å²) < 4.78 is 5.47. The number of aryl methyl sites for hydroxylation is 1. The Morgan fingerprint density at radius 1 is 0.784 bits per heavy atom. The van der Waals surface area contributed by atoms with Crippen molar-refractivity contribution < 1.29 is 14.3 Å². The molecular weight excluding hydrogens is 468 g/mol. The number of aromatic nitrogens is 2. The summed E-state index contributed by atoms with van der Waals surface area (Å²) in [5.74, 6) is 0.181. The molecule has 184 valence electrons. The van der Waals surface area contributed by atoms with Crippen LogP contribution in [0.25, 0.3) is 21.8 Å². The largest absolute Gasteiger partial charge is 0.494 e. The van der Waals surface area contributed by atoms with Gasteiger partial charge in [-0.1, -0.05) is 0 Å². The van der Waals surface area contributed by atoms with Crippen molar-refractivity contribution >= 4 is 56.5 Å². The number of fused-ring (bicyclic) bond motifs is 2. The van der Waals surface area contributed by atoms with E-state index in [0.29, 0.717) is 50.7 Å². The lowest BCUT2D eigenvalue weighted by atomic mass is 10.1. The normalized spacial score (nSPS) is 10.9. The van der Waals surface area contributed by atoms with Gasteiger partial charge in [0, 0.05) is 45.0 Å². The highest BCUT2D eigenvalue weighted by Crippen LogP contribution is 2.30. The molecule has 2 heterocycles. The minimum Gasteiger partial charge on any atom is -0.494 e. The SMILES string of the molecule is COc1cc(NC(=O)c2ccc3nc(N)ccc3c2)ccc1NC(=O)c1ccc2nc(C)cc(N)c2c1. The number of hydrogen-bond donors (Lipinski definition) is 4. The minimum absolute atomic E-state index is 0.296. The molecule has 0 aliphatic heterocycles. The smallest absolute Gasteiger partial charge is 0.255 e. The minimum atomic E-state index is -0.331. The number of carbonyl (C=O) groups is 2. The number of nitrogens with two attached hydrogens (primary N) is 2. The van der Waals surface area contributed by atoms with Gasteiger partial charge in [-0.25, -0.2) is 4.98 Å². The molecule has 37 heavy (non-hydrogen) atoms. The molecule has 6 N–H and O–H groups in total. The van der Waals surface area contributed by atoms with E-state index in [2.05, 4.69) is 20.6 Å². The Kier molecular flexibility index (Phi) is 6.02. The van der Waals surface area contributed by atoms with E-state index >= 15 is 0 Å². The fourth-order valence-corrected chi connectivity index (χ4v) is 4.08. The van der Waals surface area contributed by atoms with E-state index in [1.54, 1.807) is 66.7 Å². The fourth-order valence-electron chi connectivity index (χ4n) is 4.08. The molecule has 0 aliphatic rings. The van der Waals surface area contributed by atoms with Crippen molar-refractivity contribution in [1.82, 2.24) is 9.97 Å². The van der Waals surface area contributed by atoms with E-state index in [9.17, 15) is 9.59 Å². The Morgan fingerprint density at radius 3 is 2.30 bits per heavy atom. The lowest BCUT2D eigenvalue weighted by Crippen LogP contribution is -2.14. The van der Waals surface area contributed by atoms with Crippen molar-refractivity contribution in [3.63, 3.8) is 0 Å². The van der Waals surface area contributed by atoms with Gasteiger partial charge in [0.05, 0.1) is 23.8 Å². The molecule has 0 unspecified atom stereocenters. The van der Waals surface area contributed by atoms with Crippen LogP contribution in [-0.4, -0.2) is 28.9 Å². The van der Waals surface area contributed by atoms with Crippen LogP contribution in [0.2, 0.25) is 0 Å². The third kappa shape index (κ3) is 4.83. The first-order valence-corrected chi connectivity index (χ1v) is 11.4. The van der Waals surface area contributed by atoms with E-state index in [0.717, 1.165) is 16.6 Å². The Hall–Kier alpha value is -5.18. The molecule has 0 aliphatic carbocycles. The van der Waals surface area contributed by atoms with Gasteiger partial charge >= 0.3 is 0 Å². The summed E-state index contributed by atoms with van der Waals surface area (Å²) in [7, 11) is 1.49. The first-order valence-electron chi connectivity index (χ1n) is 11.4. The zero-order valence-electron chi connectivity index (χ0n) is 20.2. The topological polar surface area (TPSA) is 145 Å². The van der Waals surface area contributed by atoms with Gasteiger partial charge in [0.1, 0.15) is 11.6 Å². The second-order valence-corrected chi connectivity index (χ2v) is 8.55.